The molecule has 1 fully saturated rings. The van der Waals surface area contributed by atoms with Crippen molar-refractivity contribution in [1.29, 1.82) is 0 Å². The zero-order valence-electron chi connectivity index (χ0n) is 13.9. The molecule has 5 heteroatoms. The summed E-state index contributed by atoms with van der Waals surface area (Å²) in [5.41, 5.74) is 4.48. The van der Waals surface area contributed by atoms with Crippen molar-refractivity contribution in [2.45, 2.75) is 45.7 Å². The number of aryl methyl sites for hydroxylation is 1. The highest BCUT2D eigenvalue weighted by atomic mass is 79.9. The van der Waals surface area contributed by atoms with E-state index < -0.39 is 0 Å². The van der Waals surface area contributed by atoms with Gasteiger partial charge in [-0.05, 0) is 49.3 Å². The molecule has 126 valence electrons. The Morgan fingerprint density at radius 1 is 1.38 bits per heavy atom. The number of aromatic nitrogens is 2. The first-order valence-electron chi connectivity index (χ1n) is 8.67. The molecule has 0 amide bonds. The Labute approximate surface area is 150 Å². The normalized spacial score (nSPS) is 17.8. The number of H-pyrrole nitrogens is 1. The van der Waals surface area contributed by atoms with Gasteiger partial charge in [-0.2, -0.15) is 0 Å². The van der Waals surface area contributed by atoms with E-state index in [9.17, 15) is 4.79 Å². The summed E-state index contributed by atoms with van der Waals surface area (Å²) in [6.07, 6.45) is 4.25. The average Bonchev–Trinajstić information content (AvgIpc) is 3.34. The quantitative estimate of drug-likeness (QED) is 0.874. The second-order valence-electron chi connectivity index (χ2n) is 7.14. The molecule has 1 aliphatic heterocycles. The number of benzene rings is 1. The van der Waals surface area contributed by atoms with Crippen molar-refractivity contribution in [3.8, 4) is 0 Å². The summed E-state index contributed by atoms with van der Waals surface area (Å²) in [6.45, 7) is 4.65. The molecule has 2 heterocycles. The molecule has 4 rings (SSSR count). The monoisotopic (exact) mass is 387 g/mol. The fraction of sp³-hybridized carbons (Fsp3) is 0.474. The molecule has 1 aliphatic carbocycles. The van der Waals surface area contributed by atoms with Gasteiger partial charge in [0.05, 0.1) is 5.69 Å². The van der Waals surface area contributed by atoms with E-state index in [1.807, 2.05) is 0 Å². The van der Waals surface area contributed by atoms with Gasteiger partial charge in [0, 0.05) is 36.1 Å². The molecule has 2 aromatic rings. The molecule has 24 heavy (non-hydrogen) atoms. The third-order valence-electron chi connectivity index (χ3n) is 4.98. The lowest BCUT2D eigenvalue weighted by atomic mass is 10.0. The number of nitrogens with one attached hydrogen (secondary N) is 1. The summed E-state index contributed by atoms with van der Waals surface area (Å²) >= 11 is 3.67. The highest BCUT2D eigenvalue weighted by Gasteiger charge is 2.25. The standard InChI is InChI=1S/C19H22BrN3O/c1-12-2-5-14(16(20)8-12)10-23-7-6-15-17(11-23)21-18(22-19(15)24)9-13-3-4-13/h2,5,8,13H,3-4,6-7,9-11H2,1H3,(H,21,22,24). The van der Waals surface area contributed by atoms with Crippen LogP contribution in [-0.4, -0.2) is 21.4 Å². The van der Waals surface area contributed by atoms with Crippen molar-refractivity contribution in [2.24, 2.45) is 5.92 Å². The topological polar surface area (TPSA) is 49.0 Å². The van der Waals surface area contributed by atoms with E-state index in [-0.39, 0.29) is 5.56 Å². The number of nitrogens with zero attached hydrogens (tertiary/aromatic N) is 2. The number of fused-ring (bicyclic) bond motifs is 1. The Hall–Kier alpha value is -1.46. The Morgan fingerprint density at radius 2 is 2.21 bits per heavy atom. The second kappa shape index (κ2) is 6.45. The minimum Gasteiger partial charge on any atom is -0.310 e. The third kappa shape index (κ3) is 3.47. The first-order valence-corrected chi connectivity index (χ1v) is 9.46. The van der Waals surface area contributed by atoms with E-state index in [0.717, 1.165) is 59.9 Å². The Balaban J connectivity index is 1.53. The van der Waals surface area contributed by atoms with Crippen LogP contribution in [0.3, 0.4) is 0 Å². The van der Waals surface area contributed by atoms with Gasteiger partial charge in [0.1, 0.15) is 5.82 Å². The van der Waals surface area contributed by atoms with Gasteiger partial charge in [-0.25, -0.2) is 4.98 Å². The Bertz CT molecular complexity index is 826. The SMILES string of the molecule is Cc1ccc(CN2CCc3c(nc(CC4CC4)[nH]c3=O)C2)c(Br)c1. The predicted octanol–water partition coefficient (Wildman–Crippen LogP) is 3.35. The molecule has 4 nitrogen and oxygen atoms in total. The minimum atomic E-state index is 0.0758. The van der Waals surface area contributed by atoms with Gasteiger partial charge in [0.2, 0.25) is 0 Å². The summed E-state index contributed by atoms with van der Waals surface area (Å²) in [7, 11) is 0. The number of hydrogen-bond acceptors (Lipinski definition) is 3. The molecule has 0 spiro atoms. The van der Waals surface area contributed by atoms with Crippen molar-refractivity contribution < 1.29 is 0 Å². The number of rotatable bonds is 4. The van der Waals surface area contributed by atoms with Crippen molar-refractivity contribution >= 4 is 15.9 Å². The maximum absolute atomic E-state index is 12.3. The molecule has 1 N–H and O–H groups in total. The van der Waals surface area contributed by atoms with Crippen LogP contribution < -0.4 is 5.56 Å². The molecule has 1 aromatic heterocycles. The highest BCUT2D eigenvalue weighted by molar-refractivity contribution is 9.10. The van der Waals surface area contributed by atoms with Crippen molar-refractivity contribution in [2.75, 3.05) is 6.54 Å². The molecular weight excluding hydrogens is 366 g/mol. The van der Waals surface area contributed by atoms with Crippen molar-refractivity contribution in [3.63, 3.8) is 0 Å². The van der Waals surface area contributed by atoms with E-state index in [1.54, 1.807) is 0 Å². The molecule has 1 aromatic carbocycles. The van der Waals surface area contributed by atoms with Crippen LogP contribution in [0.25, 0.3) is 0 Å². The zero-order valence-corrected chi connectivity index (χ0v) is 15.5. The fourth-order valence-corrected chi connectivity index (χ4v) is 4.01. The molecule has 0 atom stereocenters. The number of aromatic amines is 1. The summed E-state index contributed by atoms with van der Waals surface area (Å²) in [6, 6.07) is 6.48. The van der Waals surface area contributed by atoms with Crippen LogP contribution in [0.4, 0.5) is 0 Å². The first-order chi connectivity index (χ1) is 11.6. The van der Waals surface area contributed by atoms with Crippen molar-refractivity contribution in [3.05, 3.63) is 61.2 Å². The van der Waals surface area contributed by atoms with Gasteiger partial charge in [0.15, 0.2) is 0 Å². The van der Waals surface area contributed by atoms with Crippen LogP contribution in [0, 0.1) is 12.8 Å². The molecular formula is C19H22BrN3O. The van der Waals surface area contributed by atoms with Crippen LogP contribution in [0.15, 0.2) is 27.5 Å². The Morgan fingerprint density at radius 3 is 2.96 bits per heavy atom. The molecule has 0 radical (unpaired) electrons. The van der Waals surface area contributed by atoms with Crippen molar-refractivity contribution in [1.82, 2.24) is 14.9 Å². The van der Waals surface area contributed by atoms with Gasteiger partial charge in [-0.3, -0.25) is 9.69 Å². The zero-order chi connectivity index (χ0) is 16.7. The van der Waals surface area contributed by atoms with E-state index in [1.165, 1.54) is 24.0 Å². The van der Waals surface area contributed by atoms with Gasteiger partial charge in [-0.15, -0.1) is 0 Å². The summed E-state index contributed by atoms with van der Waals surface area (Å²) in [5.74, 6) is 1.61. The van der Waals surface area contributed by atoms with E-state index in [0.29, 0.717) is 0 Å². The average molecular weight is 388 g/mol. The van der Waals surface area contributed by atoms with Gasteiger partial charge in [-0.1, -0.05) is 28.1 Å². The van der Waals surface area contributed by atoms with Gasteiger partial charge >= 0.3 is 0 Å². The largest absolute Gasteiger partial charge is 0.310 e. The second-order valence-corrected chi connectivity index (χ2v) is 8.00. The lowest BCUT2D eigenvalue weighted by Gasteiger charge is -2.28. The molecule has 1 saturated carbocycles. The van der Waals surface area contributed by atoms with Gasteiger partial charge in [0.25, 0.3) is 5.56 Å². The van der Waals surface area contributed by atoms with E-state index in [4.69, 9.17) is 4.98 Å². The smallest absolute Gasteiger partial charge is 0.254 e. The molecule has 0 saturated heterocycles. The van der Waals surface area contributed by atoms with Crippen LogP contribution in [0.1, 0.15) is 41.1 Å². The third-order valence-corrected chi connectivity index (χ3v) is 5.72. The fourth-order valence-electron chi connectivity index (χ4n) is 3.39. The summed E-state index contributed by atoms with van der Waals surface area (Å²) in [5, 5.41) is 0. The lowest BCUT2D eigenvalue weighted by molar-refractivity contribution is 0.239. The summed E-state index contributed by atoms with van der Waals surface area (Å²) in [4.78, 5) is 22.5. The van der Waals surface area contributed by atoms with Gasteiger partial charge < -0.3 is 4.98 Å². The maximum atomic E-state index is 12.3. The van der Waals surface area contributed by atoms with Crippen LogP contribution in [0.2, 0.25) is 0 Å². The van der Waals surface area contributed by atoms with E-state index >= 15 is 0 Å². The van der Waals surface area contributed by atoms with Crippen LogP contribution in [-0.2, 0) is 25.9 Å². The first kappa shape index (κ1) is 16.0. The number of hydrogen-bond donors (Lipinski definition) is 1. The van der Waals surface area contributed by atoms with Crippen LogP contribution >= 0.6 is 15.9 Å². The molecule has 0 bridgehead atoms. The number of halogens is 1. The predicted molar refractivity (Wildman–Crippen MR) is 98.0 cm³/mol. The lowest BCUT2D eigenvalue weighted by Crippen LogP contribution is -2.35. The maximum Gasteiger partial charge on any atom is 0.254 e. The highest BCUT2D eigenvalue weighted by Crippen LogP contribution is 2.31. The Kier molecular flexibility index (Phi) is 4.31. The minimum absolute atomic E-state index is 0.0758. The molecule has 0 unspecified atom stereocenters. The summed E-state index contributed by atoms with van der Waals surface area (Å²) < 4.78 is 1.15. The molecule has 2 aliphatic rings. The van der Waals surface area contributed by atoms with E-state index in [2.05, 4.69) is 50.9 Å². The van der Waals surface area contributed by atoms with Crippen LogP contribution in [0.5, 0.6) is 0 Å².